The maximum atomic E-state index is 4.68. The fourth-order valence-corrected chi connectivity index (χ4v) is 3.59. The second-order valence-corrected chi connectivity index (χ2v) is 6.84. The third-order valence-corrected chi connectivity index (χ3v) is 5.09. The van der Waals surface area contributed by atoms with Crippen LogP contribution in [0.4, 0.5) is 0 Å². The largest absolute Gasteiger partial charge is 0.357 e. The third kappa shape index (κ3) is 5.89. The van der Waals surface area contributed by atoms with Crippen molar-refractivity contribution in [3.63, 3.8) is 0 Å². The van der Waals surface area contributed by atoms with Gasteiger partial charge in [0.15, 0.2) is 5.96 Å². The Morgan fingerprint density at radius 1 is 1.27 bits per heavy atom. The van der Waals surface area contributed by atoms with E-state index in [1.165, 1.54) is 16.0 Å². The van der Waals surface area contributed by atoms with Gasteiger partial charge in [-0.2, -0.15) is 11.3 Å². The Morgan fingerprint density at radius 3 is 2.68 bits per heavy atom. The average molecular weight is 449 g/mol. The minimum atomic E-state index is 0. The number of halogens is 1. The second kappa shape index (κ2) is 10.2. The smallest absolute Gasteiger partial charge is 0.191 e. The quantitative estimate of drug-likeness (QED) is 0.385. The maximum absolute atomic E-state index is 4.68. The van der Waals surface area contributed by atoms with Crippen LogP contribution in [0.3, 0.4) is 0 Å². The van der Waals surface area contributed by atoms with Gasteiger partial charge in [-0.3, -0.25) is 0 Å². The van der Waals surface area contributed by atoms with Crippen LogP contribution in [0.2, 0.25) is 0 Å². The first-order valence-electron chi connectivity index (χ1n) is 7.28. The molecule has 0 aliphatic rings. The van der Waals surface area contributed by atoms with Gasteiger partial charge in [-0.15, -0.1) is 35.3 Å². The van der Waals surface area contributed by atoms with E-state index in [-0.39, 0.29) is 24.0 Å². The van der Waals surface area contributed by atoms with Gasteiger partial charge in [0.05, 0.1) is 6.54 Å². The van der Waals surface area contributed by atoms with Crippen molar-refractivity contribution in [2.45, 2.75) is 33.2 Å². The normalized spacial score (nSPS) is 12.6. The number of rotatable bonds is 6. The molecule has 122 valence electrons. The molecule has 0 amide bonds. The van der Waals surface area contributed by atoms with Gasteiger partial charge in [-0.1, -0.05) is 6.92 Å². The van der Waals surface area contributed by atoms with Crippen LogP contribution in [0.25, 0.3) is 0 Å². The Kier molecular flexibility index (Phi) is 9.04. The SMILES string of the molecule is CCNC(=NCc1sccc1C)NCC(C)c1ccsc1.I. The van der Waals surface area contributed by atoms with Crippen LogP contribution >= 0.6 is 46.7 Å². The van der Waals surface area contributed by atoms with E-state index >= 15 is 0 Å². The minimum Gasteiger partial charge on any atom is -0.357 e. The number of aliphatic imine (C=N–C) groups is 1. The summed E-state index contributed by atoms with van der Waals surface area (Å²) < 4.78 is 0. The van der Waals surface area contributed by atoms with E-state index in [2.05, 4.69) is 64.7 Å². The van der Waals surface area contributed by atoms with E-state index in [0.29, 0.717) is 5.92 Å². The molecule has 2 aromatic rings. The monoisotopic (exact) mass is 449 g/mol. The van der Waals surface area contributed by atoms with Crippen LogP contribution in [0.1, 0.15) is 35.8 Å². The molecule has 2 N–H and O–H groups in total. The highest BCUT2D eigenvalue weighted by Crippen LogP contribution is 2.17. The average Bonchev–Trinajstić information content (AvgIpc) is 3.13. The molecule has 2 rings (SSSR count). The molecule has 3 nitrogen and oxygen atoms in total. The number of hydrogen-bond donors (Lipinski definition) is 2. The predicted molar refractivity (Wildman–Crippen MR) is 110 cm³/mol. The first kappa shape index (κ1) is 19.4. The van der Waals surface area contributed by atoms with E-state index in [1.807, 2.05) is 0 Å². The number of nitrogens with zero attached hydrogens (tertiary/aromatic N) is 1. The Bertz CT molecular complexity index is 564. The summed E-state index contributed by atoms with van der Waals surface area (Å²) in [4.78, 5) is 6.01. The highest BCUT2D eigenvalue weighted by atomic mass is 127. The van der Waals surface area contributed by atoms with Gasteiger partial charge in [0.2, 0.25) is 0 Å². The van der Waals surface area contributed by atoms with Gasteiger partial charge < -0.3 is 10.6 Å². The summed E-state index contributed by atoms with van der Waals surface area (Å²) in [6.45, 7) is 8.98. The molecule has 2 heterocycles. The summed E-state index contributed by atoms with van der Waals surface area (Å²) in [5.41, 5.74) is 2.71. The molecule has 0 aliphatic carbocycles. The van der Waals surface area contributed by atoms with Crippen LogP contribution in [0.5, 0.6) is 0 Å². The van der Waals surface area contributed by atoms with Crippen molar-refractivity contribution in [3.8, 4) is 0 Å². The van der Waals surface area contributed by atoms with Crippen LogP contribution in [0.15, 0.2) is 33.3 Å². The minimum absolute atomic E-state index is 0. The fraction of sp³-hybridized carbons (Fsp3) is 0.438. The number of guanidine groups is 1. The Balaban J connectivity index is 0.00000242. The molecule has 22 heavy (non-hydrogen) atoms. The number of aryl methyl sites for hydroxylation is 1. The molecule has 0 saturated heterocycles. The zero-order valence-electron chi connectivity index (χ0n) is 13.3. The van der Waals surface area contributed by atoms with Gasteiger partial charge in [-0.05, 0) is 59.2 Å². The Morgan fingerprint density at radius 2 is 2.09 bits per heavy atom. The Hall–Kier alpha value is -0.600. The molecule has 1 unspecified atom stereocenters. The lowest BCUT2D eigenvalue weighted by molar-refractivity contribution is 0.702. The van der Waals surface area contributed by atoms with Crippen molar-refractivity contribution < 1.29 is 0 Å². The fourth-order valence-electron chi connectivity index (χ4n) is 1.98. The molecule has 0 fully saturated rings. The summed E-state index contributed by atoms with van der Waals surface area (Å²) in [6, 6.07) is 4.34. The lowest BCUT2D eigenvalue weighted by atomic mass is 10.1. The number of nitrogens with one attached hydrogen (secondary N) is 2. The zero-order chi connectivity index (χ0) is 15.1. The van der Waals surface area contributed by atoms with Gasteiger partial charge in [0, 0.05) is 18.0 Å². The lowest BCUT2D eigenvalue weighted by Crippen LogP contribution is -2.39. The van der Waals surface area contributed by atoms with Crippen molar-refractivity contribution in [1.82, 2.24) is 10.6 Å². The first-order chi connectivity index (χ1) is 10.2. The maximum Gasteiger partial charge on any atom is 0.191 e. The first-order valence-corrected chi connectivity index (χ1v) is 9.10. The summed E-state index contributed by atoms with van der Waals surface area (Å²) >= 11 is 3.52. The summed E-state index contributed by atoms with van der Waals surface area (Å²) in [5.74, 6) is 1.39. The van der Waals surface area contributed by atoms with Gasteiger partial charge in [-0.25, -0.2) is 4.99 Å². The van der Waals surface area contributed by atoms with Crippen molar-refractivity contribution in [1.29, 1.82) is 0 Å². The van der Waals surface area contributed by atoms with E-state index in [9.17, 15) is 0 Å². The topological polar surface area (TPSA) is 36.4 Å². The lowest BCUT2D eigenvalue weighted by Gasteiger charge is -2.15. The summed E-state index contributed by atoms with van der Waals surface area (Å²) in [6.07, 6.45) is 0. The Labute approximate surface area is 158 Å². The molecule has 0 aromatic carbocycles. The second-order valence-electron chi connectivity index (χ2n) is 5.06. The van der Waals surface area contributed by atoms with Crippen molar-refractivity contribution >= 4 is 52.6 Å². The molecule has 1 atom stereocenters. The van der Waals surface area contributed by atoms with Crippen LogP contribution in [-0.4, -0.2) is 19.0 Å². The van der Waals surface area contributed by atoms with E-state index in [0.717, 1.165) is 25.6 Å². The highest BCUT2D eigenvalue weighted by molar-refractivity contribution is 14.0. The molecule has 0 bridgehead atoms. The number of hydrogen-bond acceptors (Lipinski definition) is 3. The summed E-state index contributed by atoms with van der Waals surface area (Å²) in [7, 11) is 0. The van der Waals surface area contributed by atoms with Crippen LogP contribution in [-0.2, 0) is 6.54 Å². The van der Waals surface area contributed by atoms with Crippen molar-refractivity contribution in [2.75, 3.05) is 13.1 Å². The van der Waals surface area contributed by atoms with Crippen molar-refractivity contribution in [3.05, 3.63) is 44.3 Å². The van der Waals surface area contributed by atoms with Gasteiger partial charge >= 0.3 is 0 Å². The molecular formula is C16H24IN3S2. The standard InChI is InChI=1S/C16H23N3S2.HI/c1-4-17-16(19-10-15-12(2)5-8-21-15)18-9-13(3)14-6-7-20-11-14;/h5-8,11,13H,4,9-10H2,1-3H3,(H2,17,18,19);1H. The van der Waals surface area contributed by atoms with E-state index in [4.69, 9.17) is 0 Å². The van der Waals surface area contributed by atoms with Gasteiger partial charge in [0.25, 0.3) is 0 Å². The van der Waals surface area contributed by atoms with E-state index in [1.54, 1.807) is 22.7 Å². The van der Waals surface area contributed by atoms with E-state index < -0.39 is 0 Å². The molecule has 0 saturated carbocycles. The van der Waals surface area contributed by atoms with Gasteiger partial charge in [0.1, 0.15) is 0 Å². The third-order valence-electron chi connectivity index (χ3n) is 3.38. The molecule has 0 spiro atoms. The van der Waals surface area contributed by atoms with Crippen LogP contribution < -0.4 is 10.6 Å². The molecule has 0 radical (unpaired) electrons. The zero-order valence-corrected chi connectivity index (χ0v) is 17.2. The molecular weight excluding hydrogens is 425 g/mol. The molecule has 0 aliphatic heterocycles. The number of thiophene rings is 2. The molecule has 6 heteroatoms. The molecule has 2 aromatic heterocycles. The van der Waals surface area contributed by atoms with Crippen LogP contribution in [0, 0.1) is 6.92 Å². The van der Waals surface area contributed by atoms with Crippen molar-refractivity contribution in [2.24, 2.45) is 4.99 Å². The summed E-state index contributed by atoms with van der Waals surface area (Å²) in [5, 5.41) is 13.2. The predicted octanol–water partition coefficient (Wildman–Crippen LogP) is 4.59. The highest BCUT2D eigenvalue weighted by Gasteiger charge is 2.07.